The van der Waals surface area contributed by atoms with E-state index in [1.54, 1.807) is 4.90 Å². The molecule has 0 radical (unpaired) electrons. The van der Waals surface area contributed by atoms with Gasteiger partial charge in [-0.3, -0.25) is 14.5 Å². The summed E-state index contributed by atoms with van der Waals surface area (Å²) < 4.78 is 12.1. The predicted molar refractivity (Wildman–Crippen MR) is 46.6 cm³/mol. The number of alkyl halides is 1. The number of nitrogens with zero attached hydrogens (tertiary/aromatic N) is 1. The normalized spacial score (nSPS) is 23.2. The number of carbonyl (C=O) groups is 2. The molecule has 1 aliphatic heterocycles. The molecular formula is C8H13FN2O3. The first-order valence-electron chi connectivity index (χ1n) is 4.44. The SMILES string of the molecule is O=C(O)CC1C(=O)NCCN1CCF. The van der Waals surface area contributed by atoms with Crippen molar-refractivity contribution in [1.29, 1.82) is 0 Å². The lowest BCUT2D eigenvalue weighted by molar-refractivity contribution is -0.143. The Morgan fingerprint density at radius 2 is 2.43 bits per heavy atom. The molecule has 5 nitrogen and oxygen atoms in total. The van der Waals surface area contributed by atoms with Crippen LogP contribution in [0.2, 0.25) is 0 Å². The fourth-order valence-corrected chi connectivity index (χ4v) is 1.53. The molecule has 14 heavy (non-hydrogen) atoms. The van der Waals surface area contributed by atoms with E-state index in [2.05, 4.69) is 5.32 Å². The van der Waals surface area contributed by atoms with E-state index in [1.807, 2.05) is 0 Å². The van der Waals surface area contributed by atoms with Gasteiger partial charge in [0.05, 0.1) is 12.5 Å². The van der Waals surface area contributed by atoms with Gasteiger partial charge in [0.2, 0.25) is 5.91 Å². The first kappa shape index (κ1) is 10.9. The van der Waals surface area contributed by atoms with Crippen LogP contribution in [-0.4, -0.2) is 54.2 Å². The maximum atomic E-state index is 12.1. The molecule has 0 aromatic carbocycles. The van der Waals surface area contributed by atoms with Crippen LogP contribution in [0.4, 0.5) is 4.39 Å². The lowest BCUT2D eigenvalue weighted by Crippen LogP contribution is -2.56. The zero-order valence-electron chi connectivity index (χ0n) is 7.70. The summed E-state index contributed by atoms with van der Waals surface area (Å²) in [5.41, 5.74) is 0. The summed E-state index contributed by atoms with van der Waals surface area (Å²) in [5, 5.41) is 11.1. The molecule has 0 saturated carbocycles. The van der Waals surface area contributed by atoms with Crippen LogP contribution in [0.5, 0.6) is 0 Å². The Labute approximate surface area is 80.9 Å². The zero-order chi connectivity index (χ0) is 10.6. The predicted octanol–water partition coefficient (Wildman–Crippen LogP) is -0.769. The number of carbonyl (C=O) groups excluding carboxylic acids is 1. The van der Waals surface area contributed by atoms with Gasteiger partial charge in [-0.05, 0) is 0 Å². The molecule has 1 unspecified atom stereocenters. The van der Waals surface area contributed by atoms with E-state index in [9.17, 15) is 14.0 Å². The van der Waals surface area contributed by atoms with E-state index in [0.717, 1.165) is 0 Å². The highest BCUT2D eigenvalue weighted by atomic mass is 19.1. The van der Waals surface area contributed by atoms with Crippen molar-refractivity contribution < 1.29 is 19.1 Å². The Balaban J connectivity index is 2.60. The summed E-state index contributed by atoms with van der Waals surface area (Å²) in [6.07, 6.45) is -0.272. The van der Waals surface area contributed by atoms with Crippen LogP contribution in [-0.2, 0) is 9.59 Å². The van der Waals surface area contributed by atoms with Gasteiger partial charge in [-0.2, -0.15) is 0 Å². The van der Waals surface area contributed by atoms with Crippen molar-refractivity contribution in [1.82, 2.24) is 10.2 Å². The highest BCUT2D eigenvalue weighted by Gasteiger charge is 2.30. The van der Waals surface area contributed by atoms with Crippen molar-refractivity contribution in [3.8, 4) is 0 Å². The van der Waals surface area contributed by atoms with E-state index in [1.165, 1.54) is 0 Å². The van der Waals surface area contributed by atoms with Crippen molar-refractivity contribution >= 4 is 11.9 Å². The molecule has 1 aliphatic rings. The van der Waals surface area contributed by atoms with E-state index in [0.29, 0.717) is 13.1 Å². The number of hydrogen-bond acceptors (Lipinski definition) is 3. The minimum Gasteiger partial charge on any atom is -0.481 e. The van der Waals surface area contributed by atoms with Gasteiger partial charge in [-0.1, -0.05) is 0 Å². The van der Waals surface area contributed by atoms with Gasteiger partial charge in [0.1, 0.15) is 6.67 Å². The van der Waals surface area contributed by atoms with Crippen molar-refractivity contribution in [2.24, 2.45) is 0 Å². The third kappa shape index (κ3) is 2.66. The van der Waals surface area contributed by atoms with Gasteiger partial charge >= 0.3 is 5.97 Å². The van der Waals surface area contributed by atoms with Gasteiger partial charge in [0, 0.05) is 19.6 Å². The molecule has 1 fully saturated rings. The number of aliphatic carboxylic acids is 1. The molecule has 1 atom stereocenters. The minimum atomic E-state index is -1.05. The molecule has 6 heteroatoms. The number of rotatable bonds is 4. The molecule has 80 valence electrons. The second kappa shape index (κ2) is 4.90. The van der Waals surface area contributed by atoms with Gasteiger partial charge in [0.15, 0.2) is 0 Å². The fraction of sp³-hybridized carbons (Fsp3) is 0.750. The lowest BCUT2D eigenvalue weighted by atomic mass is 10.1. The van der Waals surface area contributed by atoms with Crippen molar-refractivity contribution in [3.63, 3.8) is 0 Å². The Hall–Kier alpha value is -1.17. The molecule has 1 amide bonds. The summed E-state index contributed by atoms with van der Waals surface area (Å²) in [6.45, 7) is 0.511. The largest absolute Gasteiger partial charge is 0.481 e. The van der Waals surface area contributed by atoms with Crippen LogP contribution in [0.25, 0.3) is 0 Å². The molecule has 0 spiro atoms. The molecular weight excluding hydrogens is 191 g/mol. The number of carboxylic acid groups (broad SMARTS) is 1. The highest BCUT2D eigenvalue weighted by Crippen LogP contribution is 2.08. The maximum Gasteiger partial charge on any atom is 0.305 e. The molecule has 0 aliphatic carbocycles. The number of halogens is 1. The number of carboxylic acids is 1. The summed E-state index contributed by atoms with van der Waals surface area (Å²) in [6, 6.07) is -0.725. The quantitative estimate of drug-likeness (QED) is 0.631. The fourth-order valence-electron chi connectivity index (χ4n) is 1.53. The Morgan fingerprint density at radius 1 is 1.71 bits per heavy atom. The second-order valence-electron chi connectivity index (χ2n) is 3.13. The molecule has 0 bridgehead atoms. The number of hydrogen-bond donors (Lipinski definition) is 2. The van der Waals surface area contributed by atoms with Crippen molar-refractivity contribution in [2.75, 3.05) is 26.3 Å². The lowest BCUT2D eigenvalue weighted by Gasteiger charge is -2.33. The highest BCUT2D eigenvalue weighted by molar-refractivity contribution is 5.86. The van der Waals surface area contributed by atoms with Gasteiger partial charge < -0.3 is 10.4 Å². The Bertz CT molecular complexity index is 233. The molecule has 1 heterocycles. The summed E-state index contributed by atoms with van der Waals surface area (Å²) in [4.78, 5) is 23.3. The molecule has 1 rings (SSSR count). The van der Waals surface area contributed by atoms with E-state index in [4.69, 9.17) is 5.11 Å². The van der Waals surface area contributed by atoms with Crippen LogP contribution in [0.1, 0.15) is 6.42 Å². The summed E-state index contributed by atoms with van der Waals surface area (Å²) >= 11 is 0. The average molecular weight is 204 g/mol. The molecule has 2 N–H and O–H groups in total. The standard InChI is InChI=1S/C8H13FN2O3/c9-1-3-11-4-2-10-8(14)6(11)5-7(12)13/h6H,1-5H2,(H,10,14)(H,12,13). The topological polar surface area (TPSA) is 69.6 Å². The maximum absolute atomic E-state index is 12.1. The second-order valence-corrected chi connectivity index (χ2v) is 3.13. The first-order valence-corrected chi connectivity index (χ1v) is 4.44. The summed E-state index contributed by atoms with van der Waals surface area (Å²) in [7, 11) is 0. The number of piperazine rings is 1. The Morgan fingerprint density at radius 3 is 3.00 bits per heavy atom. The average Bonchev–Trinajstić information content (AvgIpc) is 2.11. The molecule has 1 saturated heterocycles. The van der Waals surface area contributed by atoms with Crippen LogP contribution < -0.4 is 5.32 Å². The van der Waals surface area contributed by atoms with Gasteiger partial charge in [0.25, 0.3) is 0 Å². The van der Waals surface area contributed by atoms with E-state index in [-0.39, 0.29) is 18.9 Å². The van der Waals surface area contributed by atoms with E-state index < -0.39 is 18.7 Å². The smallest absolute Gasteiger partial charge is 0.305 e. The van der Waals surface area contributed by atoms with Crippen molar-refractivity contribution in [2.45, 2.75) is 12.5 Å². The van der Waals surface area contributed by atoms with Gasteiger partial charge in [-0.25, -0.2) is 4.39 Å². The first-order chi connectivity index (χ1) is 6.65. The van der Waals surface area contributed by atoms with Crippen LogP contribution in [0.3, 0.4) is 0 Å². The van der Waals surface area contributed by atoms with Crippen LogP contribution in [0, 0.1) is 0 Å². The van der Waals surface area contributed by atoms with Crippen LogP contribution in [0.15, 0.2) is 0 Å². The number of amides is 1. The molecule has 0 aromatic rings. The Kier molecular flexibility index (Phi) is 3.82. The van der Waals surface area contributed by atoms with E-state index >= 15 is 0 Å². The van der Waals surface area contributed by atoms with Crippen LogP contribution >= 0.6 is 0 Å². The summed E-state index contributed by atoms with van der Waals surface area (Å²) in [5.74, 6) is -1.37. The van der Waals surface area contributed by atoms with Crippen molar-refractivity contribution in [3.05, 3.63) is 0 Å². The monoisotopic (exact) mass is 204 g/mol. The molecule has 0 aromatic heterocycles. The third-order valence-electron chi connectivity index (χ3n) is 2.18. The zero-order valence-corrected chi connectivity index (χ0v) is 7.70. The van der Waals surface area contributed by atoms with Gasteiger partial charge in [-0.15, -0.1) is 0 Å². The minimum absolute atomic E-state index is 0.116. The number of nitrogens with one attached hydrogen (secondary N) is 1. The third-order valence-corrected chi connectivity index (χ3v) is 2.18.